The highest BCUT2D eigenvalue weighted by atomic mass is 16.1. The van der Waals surface area contributed by atoms with Gasteiger partial charge in [-0.25, -0.2) is 4.99 Å². The molecule has 2 aliphatic heterocycles. The summed E-state index contributed by atoms with van der Waals surface area (Å²) >= 11 is 0. The lowest BCUT2D eigenvalue weighted by molar-refractivity contribution is -0.117. The fraction of sp³-hybridized carbons (Fsp3) is 0.526. The largest absolute Gasteiger partial charge is 0.369 e. The van der Waals surface area contributed by atoms with Gasteiger partial charge in [0, 0.05) is 23.2 Å². The molecule has 0 bridgehead atoms. The van der Waals surface area contributed by atoms with Crippen LogP contribution >= 0.6 is 0 Å². The zero-order valence-electron chi connectivity index (χ0n) is 15.4. The molecular formula is C19H26N6O. The number of nitrogens with one attached hydrogen (secondary N) is 1. The number of amides is 1. The Hall–Kier alpha value is -2.57. The quantitative estimate of drug-likeness (QED) is 0.719. The maximum absolute atomic E-state index is 12.0. The average Bonchev–Trinajstić information content (AvgIpc) is 2.54. The van der Waals surface area contributed by atoms with E-state index in [0.717, 1.165) is 42.6 Å². The second-order valence-electron chi connectivity index (χ2n) is 8.16. The molecule has 5 N–H and O–H groups in total. The van der Waals surface area contributed by atoms with Crippen LogP contribution in [-0.4, -0.2) is 23.5 Å². The third-order valence-corrected chi connectivity index (χ3v) is 5.72. The molecule has 7 nitrogen and oxygen atoms in total. The molecule has 1 aromatic carbocycles. The maximum Gasteiger partial charge on any atom is 0.225 e. The van der Waals surface area contributed by atoms with E-state index in [1.807, 2.05) is 17.0 Å². The molecular weight excluding hydrogens is 328 g/mol. The number of benzene rings is 1. The Bertz CT molecular complexity index is 819. The van der Waals surface area contributed by atoms with Gasteiger partial charge in [-0.05, 0) is 49.4 Å². The Morgan fingerprint density at radius 3 is 2.62 bits per heavy atom. The second kappa shape index (κ2) is 5.72. The minimum absolute atomic E-state index is 0.0513. The van der Waals surface area contributed by atoms with Crippen molar-refractivity contribution in [3.05, 3.63) is 23.8 Å². The predicted octanol–water partition coefficient (Wildman–Crippen LogP) is 2.42. The van der Waals surface area contributed by atoms with Gasteiger partial charge in [-0.3, -0.25) is 9.69 Å². The molecule has 138 valence electrons. The summed E-state index contributed by atoms with van der Waals surface area (Å²) in [6, 6.07) is 6.05. The van der Waals surface area contributed by atoms with Gasteiger partial charge in [-0.2, -0.15) is 4.99 Å². The Morgan fingerprint density at radius 2 is 1.88 bits per heavy atom. The highest BCUT2D eigenvalue weighted by Crippen LogP contribution is 2.43. The summed E-state index contributed by atoms with van der Waals surface area (Å²) in [5.41, 5.74) is 14.5. The second-order valence-corrected chi connectivity index (χ2v) is 8.16. The summed E-state index contributed by atoms with van der Waals surface area (Å²) in [5, 5.41) is 2.97. The number of fused-ring (bicyclic) bond motifs is 1. The predicted molar refractivity (Wildman–Crippen MR) is 104 cm³/mol. The van der Waals surface area contributed by atoms with E-state index in [9.17, 15) is 4.79 Å². The molecule has 1 amide bonds. The van der Waals surface area contributed by atoms with E-state index in [1.165, 1.54) is 6.42 Å². The molecule has 4 rings (SSSR count). The van der Waals surface area contributed by atoms with Gasteiger partial charge in [0.15, 0.2) is 0 Å². The van der Waals surface area contributed by atoms with Crippen LogP contribution in [0.4, 0.5) is 11.4 Å². The molecule has 0 aromatic heterocycles. The van der Waals surface area contributed by atoms with Crippen molar-refractivity contribution >= 4 is 29.2 Å². The summed E-state index contributed by atoms with van der Waals surface area (Å²) in [5.74, 6) is 0.693. The van der Waals surface area contributed by atoms with Gasteiger partial charge in [0.05, 0.1) is 0 Å². The van der Waals surface area contributed by atoms with Crippen molar-refractivity contribution in [3.8, 4) is 0 Å². The normalized spacial score (nSPS) is 23.8. The molecule has 0 atom stereocenters. The number of hydrogen-bond acceptors (Lipinski definition) is 6. The van der Waals surface area contributed by atoms with Gasteiger partial charge in [0.25, 0.3) is 0 Å². The van der Waals surface area contributed by atoms with Gasteiger partial charge in [0.1, 0.15) is 5.66 Å². The molecule has 26 heavy (non-hydrogen) atoms. The van der Waals surface area contributed by atoms with E-state index in [0.29, 0.717) is 12.4 Å². The summed E-state index contributed by atoms with van der Waals surface area (Å²) in [7, 11) is 0. The Balaban J connectivity index is 1.81. The summed E-state index contributed by atoms with van der Waals surface area (Å²) in [4.78, 5) is 23.0. The van der Waals surface area contributed by atoms with Gasteiger partial charge in [-0.1, -0.05) is 20.3 Å². The highest BCUT2D eigenvalue weighted by molar-refractivity contribution is 6.06. The highest BCUT2D eigenvalue weighted by Gasteiger charge is 2.43. The van der Waals surface area contributed by atoms with Crippen molar-refractivity contribution in [2.75, 3.05) is 10.2 Å². The van der Waals surface area contributed by atoms with E-state index in [-0.39, 0.29) is 17.3 Å². The van der Waals surface area contributed by atoms with Crippen LogP contribution in [0.1, 0.15) is 57.9 Å². The average molecular weight is 354 g/mol. The minimum atomic E-state index is -0.454. The molecule has 1 aliphatic carbocycles. The fourth-order valence-corrected chi connectivity index (χ4v) is 4.53. The monoisotopic (exact) mass is 354 g/mol. The van der Waals surface area contributed by atoms with Crippen molar-refractivity contribution < 1.29 is 4.79 Å². The minimum Gasteiger partial charge on any atom is -0.369 e. The van der Waals surface area contributed by atoms with Crippen LogP contribution in [0.15, 0.2) is 28.2 Å². The Morgan fingerprint density at radius 1 is 1.15 bits per heavy atom. The van der Waals surface area contributed by atoms with Gasteiger partial charge in [-0.15, -0.1) is 0 Å². The van der Waals surface area contributed by atoms with Gasteiger partial charge < -0.3 is 16.8 Å². The Kier molecular flexibility index (Phi) is 3.71. The number of nitrogens with two attached hydrogens (primary N) is 2. The van der Waals surface area contributed by atoms with Crippen LogP contribution in [0, 0.1) is 0 Å². The standard InChI is InChI=1S/C19H26N6O/c1-18(2)11-15(26)22-14-7-6-12(10-13(14)18)25-17(21)23-16(20)24-19(25)8-4-3-5-9-19/h6-7,10H,3-5,8-9,11H2,1-2H3,(H,22,26)(H4,20,21,23,24). The smallest absolute Gasteiger partial charge is 0.225 e. The van der Waals surface area contributed by atoms with Gasteiger partial charge >= 0.3 is 0 Å². The SMILES string of the molecule is CC1(C)CC(=O)Nc2ccc(N3C(N)=NC(N)=NC34CCCCC4)cc21. The molecule has 0 radical (unpaired) electrons. The van der Waals surface area contributed by atoms with E-state index >= 15 is 0 Å². The zero-order valence-corrected chi connectivity index (χ0v) is 15.4. The van der Waals surface area contributed by atoms with Crippen LogP contribution < -0.4 is 21.7 Å². The number of guanidine groups is 2. The molecule has 0 unspecified atom stereocenters. The van der Waals surface area contributed by atoms with Crippen LogP contribution in [0.5, 0.6) is 0 Å². The van der Waals surface area contributed by atoms with E-state index < -0.39 is 5.66 Å². The van der Waals surface area contributed by atoms with Crippen LogP contribution in [0.3, 0.4) is 0 Å². The summed E-state index contributed by atoms with van der Waals surface area (Å²) in [6.45, 7) is 4.18. The lowest BCUT2D eigenvalue weighted by Gasteiger charge is -2.46. The van der Waals surface area contributed by atoms with Crippen molar-refractivity contribution in [1.29, 1.82) is 0 Å². The molecule has 1 aromatic rings. The van der Waals surface area contributed by atoms with Crippen molar-refractivity contribution in [1.82, 2.24) is 0 Å². The van der Waals surface area contributed by atoms with Crippen molar-refractivity contribution in [3.63, 3.8) is 0 Å². The van der Waals surface area contributed by atoms with Crippen LogP contribution in [-0.2, 0) is 10.2 Å². The van der Waals surface area contributed by atoms with Gasteiger partial charge in [0.2, 0.25) is 17.8 Å². The lowest BCUT2D eigenvalue weighted by Crippen LogP contribution is -2.58. The number of anilines is 2. The number of hydrogen-bond donors (Lipinski definition) is 3. The molecule has 2 heterocycles. The number of nitrogens with zero attached hydrogens (tertiary/aromatic N) is 3. The first-order valence-electron chi connectivity index (χ1n) is 9.25. The van der Waals surface area contributed by atoms with Crippen molar-refractivity contribution in [2.24, 2.45) is 21.5 Å². The molecule has 1 spiro atoms. The first-order valence-corrected chi connectivity index (χ1v) is 9.25. The fourth-order valence-electron chi connectivity index (χ4n) is 4.53. The van der Waals surface area contributed by atoms with Crippen LogP contribution in [0.25, 0.3) is 0 Å². The maximum atomic E-state index is 12.0. The topological polar surface area (TPSA) is 109 Å². The first kappa shape index (κ1) is 16.9. The number of rotatable bonds is 1. The molecule has 7 heteroatoms. The number of carbonyl (C=O) groups excluding carboxylic acids is 1. The third kappa shape index (κ3) is 2.62. The molecule has 1 saturated carbocycles. The molecule has 0 saturated heterocycles. The number of aliphatic imine (C=N–C) groups is 2. The summed E-state index contributed by atoms with van der Waals surface area (Å²) < 4.78 is 0. The van der Waals surface area contributed by atoms with E-state index in [1.54, 1.807) is 0 Å². The van der Waals surface area contributed by atoms with Crippen molar-refractivity contribution in [2.45, 2.75) is 63.5 Å². The Labute approximate surface area is 153 Å². The van der Waals surface area contributed by atoms with E-state index in [4.69, 9.17) is 16.5 Å². The zero-order chi connectivity index (χ0) is 18.5. The number of carbonyl (C=O) groups is 1. The van der Waals surface area contributed by atoms with Crippen LogP contribution in [0.2, 0.25) is 0 Å². The first-order chi connectivity index (χ1) is 12.3. The molecule has 1 fully saturated rings. The lowest BCUT2D eigenvalue weighted by atomic mass is 9.77. The summed E-state index contributed by atoms with van der Waals surface area (Å²) in [6.07, 6.45) is 5.65. The van der Waals surface area contributed by atoms with E-state index in [2.05, 4.69) is 30.2 Å². The third-order valence-electron chi connectivity index (χ3n) is 5.72. The molecule has 3 aliphatic rings.